The molecule has 3 heteroatoms. The number of benzene rings is 1. The molecule has 108 valence electrons. The summed E-state index contributed by atoms with van der Waals surface area (Å²) in [7, 11) is 0. The lowest BCUT2D eigenvalue weighted by Crippen LogP contribution is -2.21. The van der Waals surface area contributed by atoms with Crippen molar-refractivity contribution in [2.24, 2.45) is 11.8 Å². The van der Waals surface area contributed by atoms with E-state index in [9.17, 15) is 4.79 Å². The number of aliphatic carboxylic acids is 1. The van der Waals surface area contributed by atoms with Gasteiger partial charge in [-0.15, -0.1) is 0 Å². The molecule has 0 aromatic heterocycles. The first kappa shape index (κ1) is 13.6. The molecule has 3 unspecified atom stereocenters. The number of carbonyl (C=O) groups is 1. The standard InChI is InChI=1S/C17H23NO2/c1-12(17(19)20)14-7-5-13(6-8-14)9-18-10-15-3-2-4-16(15)11-18/h5-8,12,15-16H,2-4,9-11H2,1H3,(H,19,20). The summed E-state index contributed by atoms with van der Waals surface area (Å²) >= 11 is 0. The second kappa shape index (κ2) is 5.57. The van der Waals surface area contributed by atoms with Crippen LogP contribution in [0.3, 0.4) is 0 Å². The molecule has 0 bridgehead atoms. The summed E-state index contributed by atoms with van der Waals surface area (Å²) in [6.07, 6.45) is 4.25. The summed E-state index contributed by atoms with van der Waals surface area (Å²) in [6, 6.07) is 8.10. The first-order valence-corrected chi connectivity index (χ1v) is 7.67. The third-order valence-corrected chi connectivity index (χ3v) is 5.06. The van der Waals surface area contributed by atoms with E-state index in [0.29, 0.717) is 0 Å². The number of likely N-dealkylation sites (tertiary alicyclic amines) is 1. The maximum atomic E-state index is 11.0. The van der Waals surface area contributed by atoms with Crippen LogP contribution in [0.15, 0.2) is 24.3 Å². The molecule has 1 aromatic rings. The summed E-state index contributed by atoms with van der Waals surface area (Å²) < 4.78 is 0. The van der Waals surface area contributed by atoms with E-state index in [1.54, 1.807) is 6.92 Å². The lowest BCUT2D eigenvalue weighted by molar-refractivity contribution is -0.138. The summed E-state index contributed by atoms with van der Waals surface area (Å²) in [6.45, 7) is 5.24. The maximum absolute atomic E-state index is 11.0. The third-order valence-electron chi connectivity index (χ3n) is 5.06. The van der Waals surface area contributed by atoms with E-state index >= 15 is 0 Å². The van der Waals surface area contributed by atoms with Crippen LogP contribution >= 0.6 is 0 Å². The third kappa shape index (κ3) is 2.73. The van der Waals surface area contributed by atoms with Crippen molar-refractivity contribution in [3.8, 4) is 0 Å². The zero-order valence-corrected chi connectivity index (χ0v) is 12.1. The van der Waals surface area contributed by atoms with Gasteiger partial charge in [0.25, 0.3) is 0 Å². The van der Waals surface area contributed by atoms with E-state index < -0.39 is 11.9 Å². The molecule has 2 aliphatic rings. The number of carboxylic acid groups (broad SMARTS) is 1. The van der Waals surface area contributed by atoms with Crippen LogP contribution in [-0.2, 0) is 11.3 Å². The minimum absolute atomic E-state index is 0.421. The van der Waals surface area contributed by atoms with Crippen molar-refractivity contribution in [3.05, 3.63) is 35.4 Å². The van der Waals surface area contributed by atoms with Crippen LogP contribution in [0, 0.1) is 11.8 Å². The van der Waals surface area contributed by atoms with E-state index in [2.05, 4.69) is 17.0 Å². The van der Waals surface area contributed by atoms with Gasteiger partial charge in [-0.3, -0.25) is 9.69 Å². The lowest BCUT2D eigenvalue weighted by Gasteiger charge is -2.17. The number of hydrogen-bond acceptors (Lipinski definition) is 2. The Morgan fingerprint density at radius 1 is 1.25 bits per heavy atom. The fourth-order valence-electron chi connectivity index (χ4n) is 3.77. The van der Waals surface area contributed by atoms with Crippen molar-refractivity contribution >= 4 is 5.97 Å². The first-order valence-electron chi connectivity index (χ1n) is 7.67. The van der Waals surface area contributed by atoms with Crippen molar-refractivity contribution in [2.45, 2.75) is 38.6 Å². The summed E-state index contributed by atoms with van der Waals surface area (Å²) in [5.74, 6) is 0.683. The topological polar surface area (TPSA) is 40.5 Å². The molecule has 1 saturated carbocycles. The average Bonchev–Trinajstić information content (AvgIpc) is 2.99. The molecular weight excluding hydrogens is 250 g/mol. The van der Waals surface area contributed by atoms with Gasteiger partial charge in [0.1, 0.15) is 0 Å². The predicted molar refractivity (Wildman–Crippen MR) is 78.6 cm³/mol. The van der Waals surface area contributed by atoms with Crippen LogP contribution < -0.4 is 0 Å². The van der Waals surface area contributed by atoms with E-state index in [-0.39, 0.29) is 0 Å². The molecule has 2 fully saturated rings. The highest BCUT2D eigenvalue weighted by Gasteiger charge is 2.35. The highest BCUT2D eigenvalue weighted by molar-refractivity contribution is 5.75. The highest BCUT2D eigenvalue weighted by Crippen LogP contribution is 2.38. The van der Waals surface area contributed by atoms with E-state index in [1.165, 1.54) is 37.9 Å². The lowest BCUT2D eigenvalue weighted by atomic mass is 10.00. The van der Waals surface area contributed by atoms with Gasteiger partial charge in [-0.1, -0.05) is 30.7 Å². The number of hydrogen-bond donors (Lipinski definition) is 1. The van der Waals surface area contributed by atoms with E-state index in [1.807, 2.05) is 12.1 Å². The van der Waals surface area contributed by atoms with Gasteiger partial charge < -0.3 is 5.11 Å². The van der Waals surface area contributed by atoms with Crippen molar-refractivity contribution in [3.63, 3.8) is 0 Å². The summed E-state index contributed by atoms with van der Waals surface area (Å²) in [4.78, 5) is 13.5. The minimum atomic E-state index is -0.759. The highest BCUT2D eigenvalue weighted by atomic mass is 16.4. The maximum Gasteiger partial charge on any atom is 0.310 e. The normalized spacial score (nSPS) is 27.4. The van der Waals surface area contributed by atoms with Gasteiger partial charge in [0.2, 0.25) is 0 Å². The average molecular weight is 273 g/mol. The Morgan fingerprint density at radius 3 is 2.40 bits per heavy atom. The van der Waals surface area contributed by atoms with Crippen molar-refractivity contribution < 1.29 is 9.90 Å². The molecule has 1 heterocycles. The van der Waals surface area contributed by atoms with Crippen LogP contribution in [0.1, 0.15) is 43.2 Å². The van der Waals surface area contributed by atoms with E-state index in [0.717, 1.165) is 23.9 Å². The molecular formula is C17H23NO2. The van der Waals surface area contributed by atoms with Gasteiger partial charge >= 0.3 is 5.97 Å². The zero-order valence-electron chi connectivity index (χ0n) is 12.1. The largest absolute Gasteiger partial charge is 0.481 e. The van der Waals surface area contributed by atoms with Crippen LogP contribution in [0.4, 0.5) is 0 Å². The Hall–Kier alpha value is -1.35. The predicted octanol–water partition coefficient (Wildman–Crippen LogP) is 3.11. The Morgan fingerprint density at radius 2 is 1.85 bits per heavy atom. The second-order valence-corrected chi connectivity index (χ2v) is 6.45. The molecule has 0 radical (unpaired) electrons. The van der Waals surface area contributed by atoms with Crippen LogP contribution in [0.2, 0.25) is 0 Å². The van der Waals surface area contributed by atoms with Crippen molar-refractivity contribution in [1.82, 2.24) is 4.90 Å². The summed E-state index contributed by atoms with van der Waals surface area (Å²) in [5, 5.41) is 9.02. The number of rotatable bonds is 4. The van der Waals surface area contributed by atoms with E-state index in [4.69, 9.17) is 5.11 Å². The molecule has 1 aliphatic carbocycles. The summed E-state index contributed by atoms with van der Waals surface area (Å²) in [5.41, 5.74) is 2.19. The Balaban J connectivity index is 1.60. The van der Waals surface area contributed by atoms with Gasteiger partial charge in [-0.25, -0.2) is 0 Å². The molecule has 1 aromatic carbocycles. The Labute approximate surface area is 120 Å². The monoisotopic (exact) mass is 273 g/mol. The van der Waals surface area contributed by atoms with Gasteiger partial charge in [-0.2, -0.15) is 0 Å². The van der Waals surface area contributed by atoms with Crippen LogP contribution in [0.5, 0.6) is 0 Å². The molecule has 3 nitrogen and oxygen atoms in total. The van der Waals surface area contributed by atoms with Gasteiger partial charge in [0.15, 0.2) is 0 Å². The van der Waals surface area contributed by atoms with Crippen LogP contribution in [0.25, 0.3) is 0 Å². The quantitative estimate of drug-likeness (QED) is 0.916. The molecule has 0 spiro atoms. The fraction of sp³-hybridized carbons (Fsp3) is 0.588. The fourth-order valence-corrected chi connectivity index (χ4v) is 3.77. The molecule has 0 amide bonds. The Kier molecular flexibility index (Phi) is 3.79. The first-order chi connectivity index (χ1) is 9.63. The molecule has 1 saturated heterocycles. The van der Waals surface area contributed by atoms with Crippen molar-refractivity contribution in [1.29, 1.82) is 0 Å². The molecule has 3 rings (SSSR count). The minimum Gasteiger partial charge on any atom is -0.481 e. The number of fused-ring (bicyclic) bond motifs is 1. The molecule has 20 heavy (non-hydrogen) atoms. The Bertz CT molecular complexity index is 470. The van der Waals surface area contributed by atoms with Gasteiger partial charge in [-0.05, 0) is 42.7 Å². The molecule has 1 N–H and O–H groups in total. The van der Waals surface area contributed by atoms with Gasteiger partial charge in [0, 0.05) is 19.6 Å². The van der Waals surface area contributed by atoms with Crippen LogP contribution in [-0.4, -0.2) is 29.1 Å². The zero-order chi connectivity index (χ0) is 14.1. The number of nitrogens with zero attached hydrogens (tertiary/aromatic N) is 1. The molecule has 1 aliphatic heterocycles. The molecule has 3 atom stereocenters. The second-order valence-electron chi connectivity index (χ2n) is 6.45. The number of carboxylic acids is 1. The van der Waals surface area contributed by atoms with Crippen molar-refractivity contribution in [2.75, 3.05) is 13.1 Å². The van der Waals surface area contributed by atoms with Gasteiger partial charge in [0.05, 0.1) is 5.92 Å². The SMILES string of the molecule is CC(C(=O)O)c1ccc(CN2CC3CCCC3C2)cc1. The smallest absolute Gasteiger partial charge is 0.310 e.